The van der Waals surface area contributed by atoms with E-state index in [9.17, 15) is 0 Å². The summed E-state index contributed by atoms with van der Waals surface area (Å²) in [5.74, 6) is 0.947. The topological polar surface area (TPSA) is 60.9 Å². The van der Waals surface area contributed by atoms with Crippen LogP contribution in [0, 0.1) is 0 Å². The molecule has 3 heterocycles. The van der Waals surface area contributed by atoms with E-state index in [0.717, 1.165) is 18.9 Å². The van der Waals surface area contributed by atoms with Crippen LogP contribution in [0.5, 0.6) is 0 Å². The van der Waals surface area contributed by atoms with E-state index in [1.165, 1.54) is 31.2 Å². The largest absolute Gasteiger partial charge is 0.322 e. The third-order valence-corrected chi connectivity index (χ3v) is 4.56. The lowest BCUT2D eigenvalue weighted by molar-refractivity contribution is -0.925. The second-order valence-electron chi connectivity index (χ2n) is 7.41. The Morgan fingerprint density at radius 3 is 2.48 bits per heavy atom. The van der Waals surface area contributed by atoms with E-state index < -0.39 is 0 Å². The van der Waals surface area contributed by atoms with Gasteiger partial charge in [0.15, 0.2) is 6.04 Å². The lowest BCUT2D eigenvalue weighted by Gasteiger charge is -2.29. The van der Waals surface area contributed by atoms with E-state index in [4.69, 9.17) is 0 Å². The minimum absolute atomic E-state index is 0.134. The molecule has 6 nitrogen and oxygen atoms in total. The van der Waals surface area contributed by atoms with Crippen molar-refractivity contribution >= 4 is 0 Å². The van der Waals surface area contributed by atoms with Gasteiger partial charge in [-0.1, -0.05) is 0 Å². The van der Waals surface area contributed by atoms with Crippen LogP contribution < -0.4 is 4.90 Å². The van der Waals surface area contributed by atoms with Gasteiger partial charge in [-0.05, 0) is 69.0 Å². The van der Waals surface area contributed by atoms with Gasteiger partial charge >= 0.3 is 0 Å². The summed E-state index contributed by atoms with van der Waals surface area (Å²) in [7, 11) is 0. The quantitative estimate of drug-likeness (QED) is 0.929. The number of pyridine rings is 1. The van der Waals surface area contributed by atoms with Crippen molar-refractivity contribution in [2.24, 2.45) is 0 Å². The maximum absolute atomic E-state index is 4.42. The average Bonchev–Trinajstić information content (AvgIpc) is 2.86. The highest BCUT2D eigenvalue weighted by molar-refractivity contribution is 5.18. The first kappa shape index (κ1) is 16.1. The zero-order valence-electron chi connectivity index (χ0n) is 14.4. The molecule has 3 rings (SSSR count). The highest BCUT2D eigenvalue weighted by atomic mass is 15.6. The molecule has 0 spiro atoms. The van der Waals surface area contributed by atoms with E-state index >= 15 is 0 Å². The second kappa shape index (κ2) is 6.74. The summed E-state index contributed by atoms with van der Waals surface area (Å²) >= 11 is 0. The maximum atomic E-state index is 4.42. The Balaban J connectivity index is 2.04. The first-order valence-electron chi connectivity index (χ1n) is 8.60. The van der Waals surface area contributed by atoms with Gasteiger partial charge in [0.25, 0.3) is 0 Å². The summed E-state index contributed by atoms with van der Waals surface area (Å²) in [4.78, 5) is 5.89. The van der Waals surface area contributed by atoms with Gasteiger partial charge in [-0.15, -0.1) is 5.10 Å². The van der Waals surface area contributed by atoms with Crippen LogP contribution in [0.2, 0.25) is 0 Å². The minimum Gasteiger partial charge on any atom is -0.322 e. The number of aromatic nitrogens is 5. The van der Waals surface area contributed by atoms with Crippen LogP contribution in [0.15, 0.2) is 24.5 Å². The molecule has 0 aliphatic carbocycles. The van der Waals surface area contributed by atoms with Gasteiger partial charge in [0.2, 0.25) is 5.82 Å². The molecule has 124 valence electrons. The molecule has 0 saturated carbocycles. The first-order valence-corrected chi connectivity index (χ1v) is 8.60. The van der Waals surface area contributed by atoms with Crippen molar-refractivity contribution in [2.45, 2.75) is 58.0 Å². The highest BCUT2D eigenvalue weighted by Crippen LogP contribution is 2.22. The van der Waals surface area contributed by atoms with E-state index in [-0.39, 0.29) is 11.6 Å². The standard InChI is InChI=1S/C17H26N6/c1-17(2,3)23-16(19-20-21-23)15(14-9-8-10-18-13-14)22-11-6-4-5-7-12-22/h8-10,13,15H,4-7,11-12H2,1-3H3/p+1/t15-/m1/s1. The number of nitrogens with zero attached hydrogens (tertiary/aromatic N) is 5. The van der Waals surface area contributed by atoms with Gasteiger partial charge < -0.3 is 4.90 Å². The van der Waals surface area contributed by atoms with Crippen LogP contribution >= 0.6 is 0 Å². The zero-order valence-corrected chi connectivity index (χ0v) is 14.4. The Hall–Kier alpha value is -1.82. The van der Waals surface area contributed by atoms with Crippen LogP contribution in [0.4, 0.5) is 0 Å². The van der Waals surface area contributed by atoms with Crippen LogP contribution in [-0.2, 0) is 5.54 Å². The molecule has 23 heavy (non-hydrogen) atoms. The van der Waals surface area contributed by atoms with Crippen molar-refractivity contribution < 1.29 is 4.90 Å². The summed E-state index contributed by atoms with van der Waals surface area (Å²) in [6, 6.07) is 4.30. The molecular formula is C17H27N6+. The summed E-state index contributed by atoms with van der Waals surface area (Å²) in [6.07, 6.45) is 8.97. The van der Waals surface area contributed by atoms with Crippen molar-refractivity contribution in [3.05, 3.63) is 35.9 Å². The number of nitrogens with one attached hydrogen (secondary N) is 1. The van der Waals surface area contributed by atoms with Gasteiger partial charge in [0, 0.05) is 18.0 Å². The molecule has 0 aromatic carbocycles. The molecule has 0 bridgehead atoms. The third kappa shape index (κ3) is 3.58. The number of hydrogen-bond donors (Lipinski definition) is 1. The fourth-order valence-electron chi connectivity index (χ4n) is 3.44. The molecular weight excluding hydrogens is 288 g/mol. The number of quaternary nitrogens is 1. The van der Waals surface area contributed by atoms with Gasteiger partial charge in [0.05, 0.1) is 18.6 Å². The zero-order chi connectivity index (χ0) is 16.3. The van der Waals surface area contributed by atoms with Gasteiger partial charge in [-0.2, -0.15) is 0 Å². The third-order valence-electron chi connectivity index (χ3n) is 4.56. The summed E-state index contributed by atoms with van der Waals surface area (Å²) in [6.45, 7) is 8.76. The molecule has 1 aliphatic rings. The van der Waals surface area contributed by atoms with Crippen molar-refractivity contribution in [2.75, 3.05) is 13.1 Å². The van der Waals surface area contributed by atoms with E-state index in [1.807, 2.05) is 23.1 Å². The number of hydrogen-bond acceptors (Lipinski definition) is 4. The Labute approximate surface area is 137 Å². The SMILES string of the molecule is CC(C)(C)n1nnnc1[C@@H](c1cccnc1)[NH+]1CCCCCC1. The Morgan fingerprint density at radius 1 is 1.13 bits per heavy atom. The molecule has 0 unspecified atom stereocenters. The molecule has 0 amide bonds. The monoisotopic (exact) mass is 315 g/mol. The maximum Gasteiger partial charge on any atom is 0.214 e. The van der Waals surface area contributed by atoms with Crippen LogP contribution in [0.1, 0.15) is 63.9 Å². The molecule has 1 atom stereocenters. The summed E-state index contributed by atoms with van der Waals surface area (Å²) < 4.78 is 1.97. The minimum atomic E-state index is -0.134. The Kier molecular flexibility index (Phi) is 4.71. The number of tetrazole rings is 1. The predicted octanol–water partition coefficient (Wildman–Crippen LogP) is 1.37. The fraction of sp³-hybridized carbons (Fsp3) is 0.647. The van der Waals surface area contributed by atoms with Crippen molar-refractivity contribution in [3.8, 4) is 0 Å². The van der Waals surface area contributed by atoms with E-state index in [0.29, 0.717) is 0 Å². The normalized spacial score (nSPS) is 18.6. The number of likely N-dealkylation sites (tertiary alicyclic amines) is 1. The summed E-state index contributed by atoms with van der Waals surface area (Å²) in [5.41, 5.74) is 1.06. The van der Waals surface area contributed by atoms with Crippen molar-refractivity contribution in [1.82, 2.24) is 25.2 Å². The van der Waals surface area contributed by atoms with Crippen molar-refractivity contribution in [1.29, 1.82) is 0 Å². The van der Waals surface area contributed by atoms with Crippen LogP contribution in [0.25, 0.3) is 0 Å². The highest BCUT2D eigenvalue weighted by Gasteiger charge is 2.34. The molecule has 2 aromatic rings. The lowest BCUT2D eigenvalue weighted by atomic mass is 10.0. The van der Waals surface area contributed by atoms with E-state index in [2.05, 4.69) is 47.3 Å². The van der Waals surface area contributed by atoms with E-state index in [1.54, 1.807) is 4.90 Å². The molecule has 2 aromatic heterocycles. The smallest absolute Gasteiger partial charge is 0.214 e. The van der Waals surface area contributed by atoms with Crippen molar-refractivity contribution in [3.63, 3.8) is 0 Å². The number of rotatable bonds is 3. The second-order valence-corrected chi connectivity index (χ2v) is 7.41. The van der Waals surface area contributed by atoms with Crippen LogP contribution in [-0.4, -0.2) is 38.3 Å². The fourth-order valence-corrected chi connectivity index (χ4v) is 3.44. The van der Waals surface area contributed by atoms with Gasteiger partial charge in [0.1, 0.15) is 0 Å². The predicted molar refractivity (Wildman–Crippen MR) is 88.1 cm³/mol. The molecule has 1 aliphatic heterocycles. The lowest BCUT2D eigenvalue weighted by Crippen LogP contribution is -3.12. The van der Waals surface area contributed by atoms with Crippen LogP contribution in [0.3, 0.4) is 0 Å². The molecule has 1 fully saturated rings. The molecule has 1 N–H and O–H groups in total. The Morgan fingerprint density at radius 2 is 1.87 bits per heavy atom. The average molecular weight is 315 g/mol. The molecule has 1 saturated heterocycles. The van der Waals surface area contributed by atoms with Gasteiger partial charge in [-0.3, -0.25) is 4.98 Å². The van der Waals surface area contributed by atoms with Gasteiger partial charge in [-0.25, -0.2) is 4.68 Å². The Bertz CT molecular complexity index is 608. The first-order chi connectivity index (χ1) is 11.1. The molecule has 0 radical (unpaired) electrons. The molecule has 6 heteroatoms. The summed E-state index contributed by atoms with van der Waals surface area (Å²) in [5, 5.41) is 12.7.